The second-order valence-corrected chi connectivity index (χ2v) is 7.01. The molecule has 6 nitrogen and oxygen atoms in total. The molecule has 2 heterocycles. The zero-order valence-electron chi connectivity index (χ0n) is 14.2. The summed E-state index contributed by atoms with van der Waals surface area (Å²) in [4.78, 5) is 24.3. The topological polar surface area (TPSA) is 73.2 Å². The molecular weight excluding hydrogens is 314 g/mol. The van der Waals surface area contributed by atoms with Crippen LogP contribution in [-0.2, 0) is 16.1 Å². The highest BCUT2D eigenvalue weighted by molar-refractivity contribution is 7.22. The zero-order chi connectivity index (χ0) is 17.1. The lowest BCUT2D eigenvalue weighted by Gasteiger charge is -2.10. The smallest absolute Gasteiger partial charge is 0.327 e. The van der Waals surface area contributed by atoms with Crippen molar-refractivity contribution in [1.29, 1.82) is 0 Å². The van der Waals surface area contributed by atoms with E-state index in [4.69, 9.17) is 4.74 Å². The van der Waals surface area contributed by atoms with E-state index in [0.29, 0.717) is 4.70 Å². The molecule has 1 N–H and O–H groups in total. The lowest BCUT2D eigenvalue weighted by atomic mass is 10.1. The maximum Gasteiger partial charge on any atom is 0.327 e. The van der Waals surface area contributed by atoms with E-state index in [2.05, 4.69) is 10.4 Å². The summed E-state index contributed by atoms with van der Waals surface area (Å²) in [6.07, 6.45) is 0. The monoisotopic (exact) mass is 337 g/mol. The third-order valence-corrected chi connectivity index (χ3v) is 4.28. The lowest BCUT2D eigenvalue weighted by Crippen LogP contribution is -2.28. The van der Waals surface area contributed by atoms with Crippen molar-refractivity contribution in [2.24, 2.45) is 0 Å². The van der Waals surface area contributed by atoms with Crippen LogP contribution in [-0.4, -0.2) is 28.4 Å². The van der Waals surface area contributed by atoms with Crippen molar-refractivity contribution in [3.05, 3.63) is 22.1 Å². The van der Waals surface area contributed by atoms with E-state index in [-0.39, 0.29) is 30.7 Å². The molecule has 2 aromatic rings. The number of hydrogen-bond acceptors (Lipinski definition) is 6. The predicted octanol–water partition coefficient (Wildman–Crippen LogP) is 2.96. The Bertz CT molecular complexity index is 762. The van der Waals surface area contributed by atoms with Crippen LogP contribution >= 0.6 is 11.3 Å². The number of nitrogens with one attached hydrogen (secondary N) is 1. The van der Waals surface area contributed by atoms with Crippen LogP contribution in [0.25, 0.3) is 10.1 Å². The standard InChI is InChI=1S/C16H23N3O3S/c1-6-22-13(20)8-19-16(21)15-11(14(18-19)9(2)3)7-12(23-15)17-10(4)5/h7,9-10,17H,6,8H2,1-5H3. The highest BCUT2D eigenvalue weighted by Gasteiger charge is 2.18. The van der Waals surface area contributed by atoms with Gasteiger partial charge in [0.2, 0.25) is 0 Å². The van der Waals surface area contributed by atoms with Crippen LogP contribution in [0.1, 0.15) is 46.2 Å². The predicted molar refractivity (Wildman–Crippen MR) is 93.4 cm³/mol. The van der Waals surface area contributed by atoms with Gasteiger partial charge in [-0.05, 0) is 32.8 Å². The fourth-order valence-corrected chi connectivity index (χ4v) is 3.46. The van der Waals surface area contributed by atoms with Gasteiger partial charge in [0.25, 0.3) is 5.56 Å². The summed E-state index contributed by atoms with van der Waals surface area (Å²) in [7, 11) is 0. The average Bonchev–Trinajstić information content (AvgIpc) is 2.84. The van der Waals surface area contributed by atoms with E-state index >= 15 is 0 Å². The van der Waals surface area contributed by atoms with Gasteiger partial charge in [0.1, 0.15) is 11.2 Å². The summed E-state index contributed by atoms with van der Waals surface area (Å²) in [6.45, 7) is 10.00. The molecule has 0 radical (unpaired) electrons. The minimum absolute atomic E-state index is 0.146. The molecular formula is C16H23N3O3S. The van der Waals surface area contributed by atoms with E-state index in [0.717, 1.165) is 16.1 Å². The number of aromatic nitrogens is 2. The van der Waals surface area contributed by atoms with Crippen molar-refractivity contribution in [1.82, 2.24) is 9.78 Å². The van der Waals surface area contributed by atoms with Crippen molar-refractivity contribution in [3.63, 3.8) is 0 Å². The second-order valence-electron chi connectivity index (χ2n) is 5.96. The molecule has 0 spiro atoms. The molecule has 0 aromatic carbocycles. The van der Waals surface area contributed by atoms with Gasteiger partial charge in [0.05, 0.1) is 17.3 Å². The Balaban J connectivity index is 2.55. The first-order valence-corrected chi connectivity index (χ1v) is 8.61. The second kappa shape index (κ2) is 7.12. The Labute approximate surface area is 139 Å². The molecule has 23 heavy (non-hydrogen) atoms. The molecule has 0 amide bonds. The molecule has 0 aliphatic rings. The van der Waals surface area contributed by atoms with Crippen molar-refractivity contribution in [2.45, 2.75) is 53.1 Å². The summed E-state index contributed by atoms with van der Waals surface area (Å²) in [6, 6.07) is 2.25. The van der Waals surface area contributed by atoms with E-state index in [1.54, 1.807) is 6.92 Å². The molecule has 0 atom stereocenters. The van der Waals surface area contributed by atoms with Gasteiger partial charge in [-0.3, -0.25) is 9.59 Å². The molecule has 0 aliphatic carbocycles. The number of thiophene rings is 1. The minimum atomic E-state index is -0.451. The van der Waals surface area contributed by atoms with Crippen LogP contribution in [0, 0.1) is 0 Å². The zero-order valence-corrected chi connectivity index (χ0v) is 15.0. The van der Waals surface area contributed by atoms with Gasteiger partial charge in [0, 0.05) is 11.4 Å². The number of fused-ring (bicyclic) bond motifs is 1. The fraction of sp³-hybridized carbons (Fsp3) is 0.562. The number of rotatable bonds is 6. The molecule has 0 saturated carbocycles. The minimum Gasteiger partial charge on any atom is -0.465 e. The summed E-state index contributed by atoms with van der Waals surface area (Å²) < 4.78 is 6.76. The molecule has 0 aliphatic heterocycles. The number of nitrogens with zero attached hydrogens (tertiary/aromatic N) is 2. The molecule has 0 saturated heterocycles. The SMILES string of the molecule is CCOC(=O)Cn1nc(C(C)C)c2cc(NC(C)C)sc2c1=O. The Kier molecular flexibility index (Phi) is 5.41. The third kappa shape index (κ3) is 3.90. The third-order valence-electron chi connectivity index (χ3n) is 3.23. The van der Waals surface area contributed by atoms with E-state index in [9.17, 15) is 9.59 Å². The number of hydrogen-bond donors (Lipinski definition) is 1. The van der Waals surface area contributed by atoms with Crippen LogP contribution in [0.3, 0.4) is 0 Å². The molecule has 0 unspecified atom stereocenters. The van der Waals surface area contributed by atoms with Crippen molar-refractivity contribution in [2.75, 3.05) is 11.9 Å². The number of esters is 1. The van der Waals surface area contributed by atoms with Crippen LogP contribution < -0.4 is 10.9 Å². The van der Waals surface area contributed by atoms with Crippen LogP contribution in [0.4, 0.5) is 5.00 Å². The largest absolute Gasteiger partial charge is 0.465 e. The Morgan fingerprint density at radius 3 is 2.65 bits per heavy atom. The fourth-order valence-electron chi connectivity index (χ4n) is 2.30. The quantitative estimate of drug-likeness (QED) is 0.820. The maximum absolute atomic E-state index is 12.6. The molecule has 0 fully saturated rings. The highest BCUT2D eigenvalue weighted by atomic mass is 32.1. The number of ether oxygens (including phenoxy) is 1. The van der Waals surface area contributed by atoms with Gasteiger partial charge in [-0.1, -0.05) is 13.8 Å². The summed E-state index contributed by atoms with van der Waals surface area (Å²) in [5.41, 5.74) is 0.566. The number of anilines is 1. The first-order valence-electron chi connectivity index (χ1n) is 7.80. The Morgan fingerprint density at radius 1 is 1.39 bits per heavy atom. The molecule has 2 aromatic heterocycles. The van der Waals surface area contributed by atoms with Crippen LogP contribution in [0.15, 0.2) is 10.9 Å². The molecule has 7 heteroatoms. The lowest BCUT2D eigenvalue weighted by molar-refractivity contribution is -0.144. The summed E-state index contributed by atoms with van der Waals surface area (Å²) in [5.74, 6) is -0.304. The first-order chi connectivity index (χ1) is 10.8. The van der Waals surface area contributed by atoms with Crippen molar-refractivity contribution >= 4 is 32.4 Å². The molecule has 0 bridgehead atoms. The van der Waals surface area contributed by atoms with Gasteiger partial charge in [-0.15, -0.1) is 11.3 Å². The van der Waals surface area contributed by atoms with Gasteiger partial charge >= 0.3 is 5.97 Å². The molecule has 2 rings (SSSR count). The van der Waals surface area contributed by atoms with E-state index in [1.165, 1.54) is 16.0 Å². The summed E-state index contributed by atoms with van der Waals surface area (Å²) in [5, 5.41) is 9.51. The summed E-state index contributed by atoms with van der Waals surface area (Å²) >= 11 is 1.40. The normalized spacial score (nSPS) is 11.4. The number of carbonyl (C=O) groups is 1. The maximum atomic E-state index is 12.6. The van der Waals surface area contributed by atoms with E-state index in [1.807, 2.05) is 33.8 Å². The van der Waals surface area contributed by atoms with Crippen molar-refractivity contribution < 1.29 is 9.53 Å². The Hall–Kier alpha value is -1.89. The van der Waals surface area contributed by atoms with Gasteiger partial charge < -0.3 is 10.1 Å². The first kappa shape index (κ1) is 17.5. The van der Waals surface area contributed by atoms with E-state index < -0.39 is 5.97 Å². The number of carbonyl (C=O) groups excluding carboxylic acids is 1. The Morgan fingerprint density at radius 2 is 2.09 bits per heavy atom. The molecule has 126 valence electrons. The van der Waals surface area contributed by atoms with Crippen molar-refractivity contribution in [3.8, 4) is 0 Å². The average molecular weight is 337 g/mol. The highest BCUT2D eigenvalue weighted by Crippen LogP contribution is 2.32. The van der Waals surface area contributed by atoms with Gasteiger partial charge in [-0.2, -0.15) is 5.10 Å². The van der Waals surface area contributed by atoms with Gasteiger partial charge in [0.15, 0.2) is 0 Å². The van der Waals surface area contributed by atoms with Gasteiger partial charge in [-0.25, -0.2) is 4.68 Å². The van der Waals surface area contributed by atoms with Crippen LogP contribution in [0.5, 0.6) is 0 Å². The van der Waals surface area contributed by atoms with Crippen LogP contribution in [0.2, 0.25) is 0 Å².